The molecule has 3 aromatic carbocycles. The van der Waals surface area contributed by atoms with Crippen LogP contribution >= 0.6 is 0 Å². The van der Waals surface area contributed by atoms with Crippen molar-refractivity contribution in [3.8, 4) is 5.75 Å². The van der Waals surface area contributed by atoms with E-state index < -0.39 is 0 Å². The van der Waals surface area contributed by atoms with E-state index in [1.807, 2.05) is 12.1 Å². The molecule has 0 bridgehead atoms. The Hall–Kier alpha value is -2.94. The van der Waals surface area contributed by atoms with Crippen LogP contribution < -0.4 is 5.32 Å². The summed E-state index contributed by atoms with van der Waals surface area (Å²) in [4.78, 5) is 0. The zero-order valence-electron chi connectivity index (χ0n) is 13.0. The highest BCUT2D eigenvalue weighted by Crippen LogP contribution is 2.32. The molecule has 1 heterocycles. The minimum Gasteiger partial charge on any atom is -0.508 e. The highest BCUT2D eigenvalue weighted by Gasteiger charge is 2.09. The van der Waals surface area contributed by atoms with Crippen molar-refractivity contribution in [2.75, 3.05) is 5.32 Å². The van der Waals surface area contributed by atoms with Crippen LogP contribution in [0.25, 0.3) is 21.8 Å². The first-order chi connectivity index (χ1) is 11.3. The molecule has 0 saturated heterocycles. The van der Waals surface area contributed by atoms with Crippen molar-refractivity contribution in [3.05, 3.63) is 66.7 Å². The number of benzene rings is 3. The molecule has 0 atom stereocenters. The number of nitrogens with one attached hydrogen (secondary N) is 1. The van der Waals surface area contributed by atoms with Crippen LogP contribution in [0.15, 0.2) is 66.7 Å². The van der Waals surface area contributed by atoms with Gasteiger partial charge < -0.3 is 15.0 Å². The van der Waals surface area contributed by atoms with Gasteiger partial charge in [0.25, 0.3) is 0 Å². The summed E-state index contributed by atoms with van der Waals surface area (Å²) in [6.07, 6.45) is 0. The minimum atomic E-state index is 0.275. The lowest BCUT2D eigenvalue weighted by Gasteiger charge is -2.08. The summed E-state index contributed by atoms with van der Waals surface area (Å²) in [5.41, 5.74) is 4.53. The molecule has 4 aromatic rings. The Morgan fingerprint density at radius 2 is 1.52 bits per heavy atom. The molecule has 0 aliphatic carbocycles. The Morgan fingerprint density at radius 3 is 2.30 bits per heavy atom. The van der Waals surface area contributed by atoms with Crippen LogP contribution in [-0.2, 0) is 6.54 Å². The van der Waals surface area contributed by atoms with E-state index in [0.29, 0.717) is 0 Å². The number of aryl methyl sites for hydroxylation is 1. The number of phenolic OH excluding ortho intramolecular Hbond substituents is 1. The molecule has 0 amide bonds. The molecule has 4 rings (SSSR count). The van der Waals surface area contributed by atoms with Gasteiger partial charge in [-0.15, -0.1) is 0 Å². The summed E-state index contributed by atoms with van der Waals surface area (Å²) in [5.74, 6) is 0.275. The number of anilines is 2. The fourth-order valence-corrected chi connectivity index (χ4v) is 3.18. The van der Waals surface area contributed by atoms with Crippen LogP contribution in [0.3, 0.4) is 0 Å². The molecule has 0 aliphatic rings. The molecule has 0 radical (unpaired) electrons. The van der Waals surface area contributed by atoms with E-state index in [1.165, 1.54) is 21.8 Å². The largest absolute Gasteiger partial charge is 0.508 e. The second-order valence-electron chi connectivity index (χ2n) is 5.67. The third-order valence-corrected chi connectivity index (χ3v) is 4.24. The van der Waals surface area contributed by atoms with Crippen LogP contribution in [0.4, 0.5) is 11.4 Å². The average Bonchev–Trinajstić information content (AvgIpc) is 2.90. The Bertz CT molecular complexity index is 984. The van der Waals surface area contributed by atoms with Crippen molar-refractivity contribution in [1.82, 2.24) is 4.57 Å². The van der Waals surface area contributed by atoms with Gasteiger partial charge in [0.15, 0.2) is 0 Å². The van der Waals surface area contributed by atoms with Gasteiger partial charge in [-0.2, -0.15) is 0 Å². The molecule has 0 unspecified atom stereocenters. The predicted molar refractivity (Wildman–Crippen MR) is 96.5 cm³/mol. The second kappa shape index (κ2) is 5.36. The molecule has 3 heteroatoms. The number of rotatable bonds is 3. The van der Waals surface area contributed by atoms with Gasteiger partial charge in [-0.3, -0.25) is 0 Å². The number of aromatic hydroxyl groups is 1. The average molecular weight is 302 g/mol. The first kappa shape index (κ1) is 13.7. The van der Waals surface area contributed by atoms with E-state index in [2.05, 4.69) is 59.3 Å². The van der Waals surface area contributed by atoms with E-state index in [9.17, 15) is 5.11 Å². The normalized spacial score (nSPS) is 11.2. The van der Waals surface area contributed by atoms with Crippen LogP contribution in [-0.4, -0.2) is 9.67 Å². The van der Waals surface area contributed by atoms with Crippen LogP contribution in [0.2, 0.25) is 0 Å². The monoisotopic (exact) mass is 302 g/mol. The second-order valence-corrected chi connectivity index (χ2v) is 5.67. The highest BCUT2D eigenvalue weighted by atomic mass is 16.3. The fraction of sp³-hybridized carbons (Fsp3) is 0.100. The molecule has 2 N–H and O–H groups in total. The lowest BCUT2D eigenvalue weighted by Crippen LogP contribution is -1.93. The maximum Gasteiger partial charge on any atom is 0.115 e. The number of aromatic nitrogens is 1. The first-order valence-corrected chi connectivity index (χ1v) is 7.83. The smallest absolute Gasteiger partial charge is 0.115 e. The highest BCUT2D eigenvalue weighted by molar-refractivity contribution is 6.09. The minimum absolute atomic E-state index is 0.275. The van der Waals surface area contributed by atoms with E-state index in [1.54, 1.807) is 12.1 Å². The van der Waals surface area contributed by atoms with Gasteiger partial charge in [0.05, 0.1) is 0 Å². The van der Waals surface area contributed by atoms with Crippen LogP contribution in [0, 0.1) is 0 Å². The molecule has 114 valence electrons. The van der Waals surface area contributed by atoms with Crippen molar-refractivity contribution in [2.45, 2.75) is 13.5 Å². The molecule has 0 saturated carbocycles. The van der Waals surface area contributed by atoms with Gasteiger partial charge in [0.2, 0.25) is 0 Å². The van der Waals surface area contributed by atoms with Crippen molar-refractivity contribution in [2.24, 2.45) is 0 Å². The Balaban J connectivity index is 1.84. The quantitative estimate of drug-likeness (QED) is 0.506. The van der Waals surface area contributed by atoms with E-state index in [-0.39, 0.29) is 5.75 Å². The zero-order chi connectivity index (χ0) is 15.8. The number of fused-ring (bicyclic) bond motifs is 3. The van der Waals surface area contributed by atoms with Crippen molar-refractivity contribution in [3.63, 3.8) is 0 Å². The van der Waals surface area contributed by atoms with E-state index >= 15 is 0 Å². The van der Waals surface area contributed by atoms with Crippen LogP contribution in [0.1, 0.15) is 6.92 Å². The molecule has 0 fully saturated rings. The maximum absolute atomic E-state index is 9.38. The van der Waals surface area contributed by atoms with Gasteiger partial charge in [0.1, 0.15) is 5.75 Å². The molecule has 0 spiro atoms. The summed E-state index contributed by atoms with van der Waals surface area (Å²) >= 11 is 0. The van der Waals surface area contributed by atoms with Gasteiger partial charge in [0, 0.05) is 39.7 Å². The SMILES string of the molecule is CCn1c2ccccc2c2cc(Nc3ccc(O)cc3)ccc21. The Kier molecular flexibility index (Phi) is 3.19. The van der Waals surface area contributed by atoms with Gasteiger partial charge in [-0.25, -0.2) is 0 Å². The third kappa shape index (κ3) is 2.30. The topological polar surface area (TPSA) is 37.2 Å². The maximum atomic E-state index is 9.38. The third-order valence-electron chi connectivity index (χ3n) is 4.24. The summed E-state index contributed by atoms with van der Waals surface area (Å²) in [6, 6.07) is 22.1. The molecule has 23 heavy (non-hydrogen) atoms. The van der Waals surface area contributed by atoms with Crippen molar-refractivity contribution in [1.29, 1.82) is 0 Å². The first-order valence-electron chi connectivity index (χ1n) is 7.83. The summed E-state index contributed by atoms with van der Waals surface area (Å²) in [7, 11) is 0. The molecule has 3 nitrogen and oxygen atoms in total. The predicted octanol–water partition coefficient (Wildman–Crippen LogP) is 5.26. The molecular formula is C20H18N2O. The van der Waals surface area contributed by atoms with Gasteiger partial charge >= 0.3 is 0 Å². The standard InChI is InChI=1S/C20H18N2O/c1-2-22-19-6-4-3-5-17(19)18-13-15(9-12-20(18)22)21-14-7-10-16(23)11-8-14/h3-13,21,23H,2H2,1H3. The number of hydrogen-bond donors (Lipinski definition) is 2. The van der Waals surface area contributed by atoms with Gasteiger partial charge in [-0.05, 0) is 55.5 Å². The number of nitrogens with zero attached hydrogens (tertiary/aromatic N) is 1. The molecule has 1 aromatic heterocycles. The number of para-hydroxylation sites is 1. The summed E-state index contributed by atoms with van der Waals surface area (Å²) in [6.45, 7) is 3.13. The van der Waals surface area contributed by atoms with E-state index in [0.717, 1.165) is 17.9 Å². The zero-order valence-corrected chi connectivity index (χ0v) is 13.0. The molecular weight excluding hydrogens is 284 g/mol. The Labute approximate surface area is 134 Å². The number of phenols is 1. The summed E-state index contributed by atoms with van der Waals surface area (Å²) < 4.78 is 2.34. The summed E-state index contributed by atoms with van der Waals surface area (Å²) in [5, 5.41) is 15.3. The van der Waals surface area contributed by atoms with Crippen molar-refractivity contribution >= 4 is 33.2 Å². The van der Waals surface area contributed by atoms with Crippen molar-refractivity contribution < 1.29 is 5.11 Å². The lowest BCUT2D eigenvalue weighted by atomic mass is 10.1. The van der Waals surface area contributed by atoms with Gasteiger partial charge in [-0.1, -0.05) is 18.2 Å². The van der Waals surface area contributed by atoms with E-state index in [4.69, 9.17) is 0 Å². The molecule has 0 aliphatic heterocycles. The van der Waals surface area contributed by atoms with Crippen LogP contribution in [0.5, 0.6) is 5.75 Å². The Morgan fingerprint density at radius 1 is 0.826 bits per heavy atom. The number of hydrogen-bond acceptors (Lipinski definition) is 2. The lowest BCUT2D eigenvalue weighted by molar-refractivity contribution is 0.475. The fourth-order valence-electron chi connectivity index (χ4n) is 3.18.